The van der Waals surface area contributed by atoms with Gasteiger partial charge in [0.2, 0.25) is 5.88 Å². The summed E-state index contributed by atoms with van der Waals surface area (Å²) in [6.45, 7) is 6.75. The van der Waals surface area contributed by atoms with Gasteiger partial charge in [0.1, 0.15) is 12.4 Å². The molecular weight excluding hydrogens is 490 g/mol. The number of carbonyl (C=O) groups excluding carboxylic acids is 1. The van der Waals surface area contributed by atoms with E-state index in [2.05, 4.69) is 35.5 Å². The molecule has 0 spiro atoms. The molecule has 4 rings (SSSR count). The molecule has 1 unspecified atom stereocenters. The highest BCUT2D eigenvalue weighted by Crippen LogP contribution is 2.37. The summed E-state index contributed by atoms with van der Waals surface area (Å²) in [6.07, 6.45) is 2.47. The van der Waals surface area contributed by atoms with Gasteiger partial charge in [-0.2, -0.15) is 13.4 Å². The van der Waals surface area contributed by atoms with Crippen LogP contribution in [0.25, 0.3) is 0 Å². The summed E-state index contributed by atoms with van der Waals surface area (Å²) in [6, 6.07) is 10.4. The number of sulfonamides is 1. The van der Waals surface area contributed by atoms with Crippen molar-refractivity contribution in [3.8, 4) is 5.88 Å². The highest BCUT2D eigenvalue weighted by Gasteiger charge is 2.39. The lowest BCUT2D eigenvalue weighted by Crippen LogP contribution is -2.41. The molecule has 3 aromatic rings. The van der Waals surface area contributed by atoms with Gasteiger partial charge < -0.3 is 9.64 Å². The lowest BCUT2D eigenvalue weighted by atomic mass is 9.97. The Hall–Kier alpha value is -3.60. The van der Waals surface area contributed by atoms with Gasteiger partial charge in [-0.25, -0.2) is 18.5 Å². The number of nitrogens with zero attached hydrogens (tertiary/aromatic N) is 3. The highest BCUT2D eigenvalue weighted by atomic mass is 32.2. The Bertz CT molecular complexity index is 1400. The number of nitrogens with one attached hydrogen (secondary N) is 1. The molecule has 1 saturated heterocycles. The first kappa shape index (κ1) is 25.5. The first-order chi connectivity index (χ1) is 17.0. The molecule has 11 heteroatoms. The Morgan fingerprint density at radius 1 is 1.17 bits per heavy atom. The van der Waals surface area contributed by atoms with Gasteiger partial charge in [-0.3, -0.25) is 4.79 Å². The van der Waals surface area contributed by atoms with E-state index in [1.165, 1.54) is 30.3 Å². The molecule has 1 N–H and O–H groups in total. The average molecular weight is 517 g/mol. The van der Waals surface area contributed by atoms with Crippen LogP contribution < -0.4 is 14.4 Å². The molecule has 0 radical (unpaired) electrons. The van der Waals surface area contributed by atoms with E-state index in [4.69, 9.17) is 4.74 Å². The smallest absolute Gasteiger partial charge is 0.281 e. The summed E-state index contributed by atoms with van der Waals surface area (Å²) < 4.78 is 59.9. The monoisotopic (exact) mass is 516 g/mol. The maximum absolute atomic E-state index is 13.4. The van der Waals surface area contributed by atoms with Crippen molar-refractivity contribution in [1.82, 2.24) is 14.7 Å². The zero-order valence-electron chi connectivity index (χ0n) is 20.0. The number of pyridine rings is 2. The van der Waals surface area contributed by atoms with Crippen molar-refractivity contribution in [1.29, 1.82) is 0 Å². The normalized spacial score (nSPS) is 17.1. The average Bonchev–Trinajstić information content (AvgIpc) is 3.11. The standard InChI is InChI=1S/C25H26F2N4O4S/c1-16-13-25(2,3)31(14-16)23-18(6-5-11-28-23)24(32)30-36(33,34)22-8-4-7-21(29-22)35-15-17-9-10-19(26)20(27)12-17/h4-12,16H,13-15H2,1-3H3,(H,30,32). The van der Waals surface area contributed by atoms with Gasteiger partial charge in [-0.05, 0) is 62.1 Å². The second kappa shape index (κ2) is 9.81. The van der Waals surface area contributed by atoms with Crippen LogP contribution >= 0.6 is 0 Å². The van der Waals surface area contributed by atoms with Crippen molar-refractivity contribution in [3.05, 3.63) is 77.5 Å². The van der Waals surface area contributed by atoms with Crippen LogP contribution in [-0.2, 0) is 16.6 Å². The predicted molar refractivity (Wildman–Crippen MR) is 129 cm³/mol. The number of anilines is 1. The predicted octanol–water partition coefficient (Wildman–Crippen LogP) is 4.08. The number of carbonyl (C=O) groups is 1. The fraction of sp³-hybridized carbons (Fsp3) is 0.320. The third-order valence-corrected chi connectivity index (χ3v) is 7.16. The van der Waals surface area contributed by atoms with Crippen molar-refractivity contribution < 1.29 is 26.7 Å². The third-order valence-electron chi connectivity index (χ3n) is 5.93. The lowest BCUT2D eigenvalue weighted by Gasteiger charge is -2.33. The Balaban J connectivity index is 1.52. The van der Waals surface area contributed by atoms with Gasteiger partial charge in [0, 0.05) is 24.3 Å². The minimum absolute atomic E-state index is 0.0649. The maximum atomic E-state index is 13.4. The van der Waals surface area contributed by atoms with Crippen molar-refractivity contribution >= 4 is 21.7 Å². The second-order valence-corrected chi connectivity index (χ2v) is 11.0. The summed E-state index contributed by atoms with van der Waals surface area (Å²) in [7, 11) is -4.35. The fourth-order valence-corrected chi connectivity index (χ4v) is 5.32. The molecule has 1 aliphatic rings. The highest BCUT2D eigenvalue weighted by molar-refractivity contribution is 7.90. The number of rotatable bonds is 7. The molecule has 1 aliphatic heterocycles. The summed E-state index contributed by atoms with van der Waals surface area (Å²) in [5.74, 6) is -2.10. The third kappa shape index (κ3) is 5.46. The summed E-state index contributed by atoms with van der Waals surface area (Å²) in [4.78, 5) is 23.4. The van der Waals surface area contributed by atoms with Crippen LogP contribution in [0.4, 0.5) is 14.6 Å². The Morgan fingerprint density at radius 3 is 2.64 bits per heavy atom. The molecule has 0 bridgehead atoms. The molecule has 2 aromatic heterocycles. The van der Waals surface area contributed by atoms with Gasteiger partial charge in [0.05, 0.1) is 5.56 Å². The number of hydrogen-bond donors (Lipinski definition) is 1. The summed E-state index contributed by atoms with van der Waals surface area (Å²) in [5, 5.41) is -0.431. The molecule has 1 atom stereocenters. The fourth-order valence-electron chi connectivity index (χ4n) is 4.39. The van der Waals surface area contributed by atoms with Gasteiger partial charge in [-0.1, -0.05) is 19.1 Å². The topological polar surface area (TPSA) is 101 Å². The molecule has 0 aliphatic carbocycles. The molecule has 190 valence electrons. The van der Waals surface area contributed by atoms with E-state index in [1.807, 2.05) is 4.90 Å². The van der Waals surface area contributed by atoms with E-state index in [0.717, 1.165) is 18.6 Å². The van der Waals surface area contributed by atoms with E-state index in [0.29, 0.717) is 23.8 Å². The molecule has 3 heterocycles. The quantitative estimate of drug-likeness (QED) is 0.505. The minimum Gasteiger partial charge on any atom is -0.473 e. The summed E-state index contributed by atoms with van der Waals surface area (Å²) in [5.41, 5.74) is 0.219. The van der Waals surface area contributed by atoms with Crippen LogP contribution in [-0.4, -0.2) is 36.4 Å². The van der Waals surface area contributed by atoms with Gasteiger partial charge in [0.15, 0.2) is 16.7 Å². The van der Waals surface area contributed by atoms with Crippen molar-refractivity contribution in [2.24, 2.45) is 5.92 Å². The molecule has 36 heavy (non-hydrogen) atoms. The van der Waals surface area contributed by atoms with Crippen molar-refractivity contribution in [2.45, 2.75) is 44.4 Å². The van der Waals surface area contributed by atoms with Crippen LogP contribution in [0, 0.1) is 17.6 Å². The Morgan fingerprint density at radius 2 is 1.94 bits per heavy atom. The van der Waals surface area contributed by atoms with E-state index >= 15 is 0 Å². The molecule has 0 saturated carbocycles. The van der Waals surface area contributed by atoms with Crippen LogP contribution in [0.3, 0.4) is 0 Å². The second-order valence-electron chi connectivity index (χ2n) is 9.39. The largest absolute Gasteiger partial charge is 0.473 e. The van der Waals surface area contributed by atoms with E-state index in [-0.39, 0.29) is 23.6 Å². The van der Waals surface area contributed by atoms with Crippen LogP contribution in [0.2, 0.25) is 0 Å². The van der Waals surface area contributed by atoms with Crippen molar-refractivity contribution in [2.75, 3.05) is 11.4 Å². The maximum Gasteiger partial charge on any atom is 0.281 e. The number of benzene rings is 1. The van der Waals surface area contributed by atoms with Crippen LogP contribution in [0.1, 0.15) is 43.1 Å². The number of amides is 1. The molecule has 1 fully saturated rings. The van der Waals surface area contributed by atoms with E-state index < -0.39 is 32.6 Å². The van der Waals surface area contributed by atoms with Gasteiger partial charge >= 0.3 is 0 Å². The minimum atomic E-state index is -4.35. The number of hydrogen-bond acceptors (Lipinski definition) is 7. The van der Waals surface area contributed by atoms with Crippen LogP contribution in [0.15, 0.2) is 59.8 Å². The molecular formula is C25H26F2N4O4S. The zero-order valence-corrected chi connectivity index (χ0v) is 20.9. The van der Waals surface area contributed by atoms with Gasteiger partial charge in [0.25, 0.3) is 15.9 Å². The first-order valence-electron chi connectivity index (χ1n) is 11.3. The van der Waals surface area contributed by atoms with Gasteiger partial charge in [-0.15, -0.1) is 0 Å². The lowest BCUT2D eigenvalue weighted by molar-refractivity contribution is 0.0981. The molecule has 8 nitrogen and oxygen atoms in total. The molecule has 1 amide bonds. The summed E-state index contributed by atoms with van der Waals surface area (Å²) >= 11 is 0. The SMILES string of the molecule is CC1CN(c2ncccc2C(=O)NS(=O)(=O)c2cccc(OCc3ccc(F)c(F)c3)n2)C(C)(C)C1. The Labute approximate surface area is 208 Å². The van der Waals surface area contributed by atoms with Crippen molar-refractivity contribution in [3.63, 3.8) is 0 Å². The zero-order chi connectivity index (χ0) is 26.1. The first-order valence-corrected chi connectivity index (χ1v) is 12.8. The number of aromatic nitrogens is 2. The molecule has 1 aromatic carbocycles. The van der Waals surface area contributed by atoms with E-state index in [1.54, 1.807) is 12.3 Å². The number of halogens is 2. The number of ether oxygens (including phenoxy) is 1. The Kier molecular flexibility index (Phi) is 6.94. The van der Waals surface area contributed by atoms with E-state index in [9.17, 15) is 22.0 Å². The van der Waals surface area contributed by atoms with Crippen LogP contribution in [0.5, 0.6) is 5.88 Å².